The third kappa shape index (κ3) is 7.63. The Hall–Kier alpha value is -4.08. The molecule has 32 heavy (non-hydrogen) atoms. The summed E-state index contributed by atoms with van der Waals surface area (Å²) in [6.45, 7) is 0.507. The van der Waals surface area contributed by atoms with Crippen LogP contribution < -0.4 is 10.1 Å². The Balaban J connectivity index is 0.000000451. The number of alkyl halides is 3. The molecule has 2 aromatic carbocycles. The molecule has 1 heterocycles. The average molecular weight is 447 g/mol. The fourth-order valence-electron chi connectivity index (χ4n) is 2.43. The van der Waals surface area contributed by atoms with Gasteiger partial charge in [0, 0.05) is 25.0 Å². The number of nitrogens with one attached hydrogen (secondary N) is 1. The molecule has 0 bridgehead atoms. The van der Waals surface area contributed by atoms with Crippen LogP contribution >= 0.6 is 0 Å². The lowest BCUT2D eigenvalue weighted by Crippen LogP contribution is -2.21. The fourth-order valence-corrected chi connectivity index (χ4v) is 2.43. The number of aromatic nitrogens is 2. The summed E-state index contributed by atoms with van der Waals surface area (Å²) in [5.41, 5.74) is 2.84. The van der Waals surface area contributed by atoms with Crippen LogP contribution in [0.3, 0.4) is 0 Å². The molecular formula is C22H20F3N3O4. The van der Waals surface area contributed by atoms with Crippen LogP contribution in [-0.4, -0.2) is 39.8 Å². The zero-order valence-corrected chi connectivity index (χ0v) is 16.9. The van der Waals surface area contributed by atoms with Crippen molar-refractivity contribution in [2.75, 3.05) is 7.11 Å². The Morgan fingerprint density at radius 2 is 1.88 bits per heavy atom. The Morgan fingerprint density at radius 1 is 1.19 bits per heavy atom. The molecule has 0 saturated carbocycles. The van der Waals surface area contributed by atoms with Crippen molar-refractivity contribution in [3.63, 3.8) is 0 Å². The Kier molecular flexibility index (Phi) is 8.58. The number of carboxylic acid groups (broad SMARTS) is 1. The SMILES string of the molecule is COc1cc(/C=C/C(=O)NCc2ccccc2)ccc1-n1ccnc1.O=C(O)C(F)(F)F. The Labute approximate surface area is 181 Å². The number of benzene rings is 2. The lowest BCUT2D eigenvalue weighted by Gasteiger charge is -2.09. The maximum atomic E-state index is 12.0. The molecule has 3 rings (SSSR count). The number of carbonyl (C=O) groups is 2. The summed E-state index contributed by atoms with van der Waals surface area (Å²) in [7, 11) is 1.62. The van der Waals surface area contributed by atoms with E-state index in [-0.39, 0.29) is 5.91 Å². The number of amides is 1. The van der Waals surface area contributed by atoms with Crippen LogP contribution in [0.4, 0.5) is 13.2 Å². The summed E-state index contributed by atoms with van der Waals surface area (Å²) in [6, 6.07) is 15.5. The largest absolute Gasteiger partial charge is 0.495 e. The number of hydrogen-bond donors (Lipinski definition) is 2. The fraction of sp³-hybridized carbons (Fsp3) is 0.136. The normalized spacial score (nSPS) is 10.9. The molecule has 3 aromatic rings. The second-order valence-electron chi connectivity index (χ2n) is 6.24. The number of rotatable bonds is 6. The molecule has 7 nitrogen and oxygen atoms in total. The minimum atomic E-state index is -5.08. The number of methoxy groups -OCH3 is 1. The summed E-state index contributed by atoms with van der Waals surface area (Å²) in [5.74, 6) is -2.18. The van der Waals surface area contributed by atoms with Gasteiger partial charge in [0.05, 0.1) is 19.1 Å². The van der Waals surface area contributed by atoms with E-state index in [0.29, 0.717) is 12.3 Å². The first-order valence-corrected chi connectivity index (χ1v) is 9.17. The van der Waals surface area contributed by atoms with Crippen LogP contribution in [0.15, 0.2) is 73.3 Å². The molecule has 0 atom stereocenters. The van der Waals surface area contributed by atoms with E-state index in [9.17, 15) is 18.0 Å². The van der Waals surface area contributed by atoms with Crippen molar-refractivity contribution in [3.8, 4) is 11.4 Å². The minimum absolute atomic E-state index is 0.137. The van der Waals surface area contributed by atoms with Crippen molar-refractivity contribution in [3.05, 3.63) is 84.5 Å². The highest BCUT2D eigenvalue weighted by Crippen LogP contribution is 2.24. The molecule has 0 aliphatic carbocycles. The van der Waals surface area contributed by atoms with Crippen molar-refractivity contribution in [1.29, 1.82) is 0 Å². The Morgan fingerprint density at radius 3 is 2.44 bits per heavy atom. The van der Waals surface area contributed by atoms with Crippen LogP contribution in [0, 0.1) is 0 Å². The van der Waals surface area contributed by atoms with Crippen LogP contribution in [0.25, 0.3) is 11.8 Å². The molecule has 2 N–H and O–H groups in total. The maximum absolute atomic E-state index is 12.0. The molecule has 0 fully saturated rings. The lowest BCUT2D eigenvalue weighted by molar-refractivity contribution is -0.192. The summed E-state index contributed by atoms with van der Waals surface area (Å²) < 4.78 is 39.0. The molecule has 0 saturated heterocycles. The predicted molar refractivity (Wildman–Crippen MR) is 111 cm³/mol. The first-order valence-electron chi connectivity index (χ1n) is 9.17. The van der Waals surface area contributed by atoms with Gasteiger partial charge in [0.1, 0.15) is 5.75 Å². The number of carboxylic acids is 1. The van der Waals surface area contributed by atoms with Gasteiger partial charge in [0.15, 0.2) is 0 Å². The number of nitrogens with zero attached hydrogens (tertiary/aromatic N) is 2. The van der Waals surface area contributed by atoms with Crippen LogP contribution in [0.5, 0.6) is 5.75 Å². The molecule has 0 aliphatic heterocycles. The molecule has 1 amide bonds. The zero-order chi connectivity index (χ0) is 23.6. The van der Waals surface area contributed by atoms with E-state index < -0.39 is 12.1 Å². The first kappa shape index (κ1) is 24.2. The average Bonchev–Trinajstić information content (AvgIpc) is 3.31. The summed E-state index contributed by atoms with van der Waals surface area (Å²) in [6.07, 6.45) is 3.48. The molecule has 10 heteroatoms. The van der Waals surface area contributed by atoms with E-state index in [1.807, 2.05) is 59.3 Å². The van der Waals surface area contributed by atoms with Crippen LogP contribution in [-0.2, 0) is 16.1 Å². The number of halogens is 3. The minimum Gasteiger partial charge on any atom is -0.495 e. The number of aliphatic carboxylic acids is 1. The van der Waals surface area contributed by atoms with Crippen molar-refractivity contribution in [2.45, 2.75) is 12.7 Å². The molecule has 168 valence electrons. The first-order chi connectivity index (χ1) is 15.2. The van der Waals surface area contributed by atoms with Gasteiger partial charge in [-0.2, -0.15) is 13.2 Å². The second kappa shape index (κ2) is 11.3. The van der Waals surface area contributed by atoms with Gasteiger partial charge in [-0.1, -0.05) is 36.4 Å². The monoisotopic (exact) mass is 447 g/mol. The molecule has 1 aromatic heterocycles. The molecule has 0 radical (unpaired) electrons. The lowest BCUT2D eigenvalue weighted by atomic mass is 10.1. The van der Waals surface area contributed by atoms with Gasteiger partial charge in [0.2, 0.25) is 5.91 Å². The van der Waals surface area contributed by atoms with Crippen molar-refractivity contribution in [2.24, 2.45) is 0 Å². The van der Waals surface area contributed by atoms with Gasteiger partial charge < -0.3 is 19.7 Å². The summed E-state index contributed by atoms with van der Waals surface area (Å²) in [5, 5.41) is 9.99. The van der Waals surface area contributed by atoms with Gasteiger partial charge in [0.25, 0.3) is 0 Å². The highest BCUT2D eigenvalue weighted by atomic mass is 19.4. The second-order valence-corrected chi connectivity index (χ2v) is 6.24. The Bertz CT molecular complexity index is 1050. The van der Waals surface area contributed by atoms with Gasteiger partial charge in [-0.15, -0.1) is 0 Å². The van der Waals surface area contributed by atoms with E-state index in [2.05, 4.69) is 10.3 Å². The zero-order valence-electron chi connectivity index (χ0n) is 16.9. The topological polar surface area (TPSA) is 93.5 Å². The van der Waals surface area contributed by atoms with E-state index in [0.717, 1.165) is 16.8 Å². The molecule has 0 aliphatic rings. The maximum Gasteiger partial charge on any atom is 0.490 e. The van der Waals surface area contributed by atoms with E-state index in [1.54, 1.807) is 25.7 Å². The number of hydrogen-bond acceptors (Lipinski definition) is 4. The van der Waals surface area contributed by atoms with Crippen molar-refractivity contribution < 1.29 is 32.6 Å². The predicted octanol–water partition coefficient (Wildman–Crippen LogP) is 3.84. The van der Waals surface area contributed by atoms with Gasteiger partial charge in [-0.3, -0.25) is 4.79 Å². The van der Waals surface area contributed by atoms with Gasteiger partial charge in [-0.05, 0) is 29.3 Å². The molecule has 0 spiro atoms. The quantitative estimate of drug-likeness (QED) is 0.560. The smallest absolute Gasteiger partial charge is 0.490 e. The van der Waals surface area contributed by atoms with Crippen molar-refractivity contribution >= 4 is 18.0 Å². The van der Waals surface area contributed by atoms with Gasteiger partial charge in [-0.25, -0.2) is 9.78 Å². The number of carbonyl (C=O) groups excluding carboxylic acids is 1. The molecule has 0 unspecified atom stereocenters. The number of ether oxygens (including phenoxy) is 1. The number of imidazole rings is 1. The summed E-state index contributed by atoms with van der Waals surface area (Å²) in [4.78, 5) is 24.9. The standard InChI is InChI=1S/C20H19N3O2.C2HF3O2/c1-25-19-13-16(7-9-18(19)23-12-11-21-15-23)8-10-20(24)22-14-17-5-3-2-4-6-17;3-2(4,5)1(6)7/h2-13,15H,14H2,1H3,(H,22,24);(H,6,7)/b10-8+;. The van der Waals surface area contributed by atoms with Crippen molar-refractivity contribution in [1.82, 2.24) is 14.9 Å². The molecular weight excluding hydrogens is 427 g/mol. The highest BCUT2D eigenvalue weighted by molar-refractivity contribution is 5.91. The highest BCUT2D eigenvalue weighted by Gasteiger charge is 2.38. The van der Waals surface area contributed by atoms with E-state index in [1.165, 1.54) is 6.08 Å². The van der Waals surface area contributed by atoms with Crippen LogP contribution in [0.2, 0.25) is 0 Å². The summed E-state index contributed by atoms with van der Waals surface area (Å²) >= 11 is 0. The van der Waals surface area contributed by atoms with E-state index in [4.69, 9.17) is 14.6 Å². The third-order valence-electron chi connectivity index (χ3n) is 3.97. The van der Waals surface area contributed by atoms with Gasteiger partial charge >= 0.3 is 12.1 Å². The third-order valence-corrected chi connectivity index (χ3v) is 3.97. The van der Waals surface area contributed by atoms with Crippen LogP contribution in [0.1, 0.15) is 11.1 Å². The van der Waals surface area contributed by atoms with E-state index >= 15 is 0 Å².